The summed E-state index contributed by atoms with van der Waals surface area (Å²) in [5, 5.41) is 34.1. The Morgan fingerprint density at radius 2 is 1.57 bits per heavy atom. The molecule has 188 valence electrons. The number of nitrogens with one attached hydrogen (secondary N) is 4. The molecule has 3 atom stereocenters. The smallest absolute Gasteiger partial charge is 0.322 e. The van der Waals surface area contributed by atoms with Crippen molar-refractivity contribution in [3.8, 4) is 5.75 Å². The van der Waals surface area contributed by atoms with Crippen LogP contribution in [0.15, 0.2) is 36.8 Å². The van der Waals surface area contributed by atoms with Gasteiger partial charge in [0.05, 0.1) is 18.8 Å². The number of carboxylic acid groups (broad SMARTS) is 2. The molecule has 0 saturated heterocycles. The lowest BCUT2D eigenvalue weighted by Crippen LogP contribution is -2.57. The molecule has 1 aromatic heterocycles. The number of carbonyl (C=O) groups is 5. The molecule has 0 radical (unpaired) electrons. The van der Waals surface area contributed by atoms with Gasteiger partial charge >= 0.3 is 11.9 Å². The Hall–Kier alpha value is -4.46. The van der Waals surface area contributed by atoms with Crippen LogP contribution in [-0.2, 0) is 36.8 Å². The molecule has 14 nitrogen and oxygen atoms in total. The number of amides is 3. The monoisotopic (exact) mass is 490 g/mol. The van der Waals surface area contributed by atoms with Crippen molar-refractivity contribution in [2.45, 2.75) is 37.4 Å². The molecule has 3 amide bonds. The second kappa shape index (κ2) is 12.7. The van der Waals surface area contributed by atoms with Gasteiger partial charge in [-0.15, -0.1) is 0 Å². The SMILES string of the molecule is NC(Cc1ccc(O)cc1)C(=O)NC(CC(=O)O)C(=O)NC(Cc1cnc[nH]1)C(=O)NCC(=O)O. The predicted octanol–water partition coefficient (Wildman–Crippen LogP) is -2.13. The van der Waals surface area contributed by atoms with Gasteiger partial charge in [-0.05, 0) is 24.1 Å². The van der Waals surface area contributed by atoms with E-state index in [0.29, 0.717) is 11.3 Å². The fourth-order valence-electron chi connectivity index (χ4n) is 3.03. The fraction of sp³-hybridized carbons (Fsp3) is 0.333. The summed E-state index contributed by atoms with van der Waals surface area (Å²) in [5.41, 5.74) is 6.95. The van der Waals surface area contributed by atoms with E-state index in [-0.39, 0.29) is 18.6 Å². The molecule has 0 saturated carbocycles. The van der Waals surface area contributed by atoms with Gasteiger partial charge in [0.25, 0.3) is 0 Å². The number of rotatable bonds is 13. The Labute approximate surface area is 198 Å². The molecule has 0 bridgehead atoms. The molecule has 2 aromatic rings. The second-order valence-corrected chi connectivity index (χ2v) is 7.59. The predicted molar refractivity (Wildman–Crippen MR) is 119 cm³/mol. The van der Waals surface area contributed by atoms with Crippen molar-refractivity contribution < 1.29 is 39.3 Å². The number of imidazole rings is 1. The Morgan fingerprint density at radius 3 is 2.14 bits per heavy atom. The number of phenols is 1. The van der Waals surface area contributed by atoms with Crippen LogP contribution < -0.4 is 21.7 Å². The molecule has 1 aromatic carbocycles. The van der Waals surface area contributed by atoms with Crippen LogP contribution in [0.5, 0.6) is 5.75 Å². The van der Waals surface area contributed by atoms with Gasteiger partial charge in [0.1, 0.15) is 24.4 Å². The molecule has 9 N–H and O–H groups in total. The van der Waals surface area contributed by atoms with Crippen molar-refractivity contribution in [1.82, 2.24) is 25.9 Å². The van der Waals surface area contributed by atoms with Crippen molar-refractivity contribution in [2.75, 3.05) is 6.54 Å². The minimum absolute atomic E-state index is 0.0297. The quantitative estimate of drug-likeness (QED) is 0.152. The molecular weight excluding hydrogens is 464 g/mol. The Balaban J connectivity index is 2.10. The molecule has 35 heavy (non-hydrogen) atoms. The standard InChI is InChI=1S/C21H26N6O8/c22-14(5-11-1-3-13(28)4-2-11)19(33)26-16(7-17(29)30)21(35)27-15(6-12-8-23-10-25-12)20(34)24-9-18(31)32/h1-4,8,10,14-16,28H,5-7,9,22H2,(H,23,25)(H,24,34)(H,26,33)(H,27,35)(H,29,30)(H,31,32). The zero-order valence-corrected chi connectivity index (χ0v) is 18.4. The highest BCUT2D eigenvalue weighted by Crippen LogP contribution is 2.11. The lowest BCUT2D eigenvalue weighted by molar-refractivity contribution is -0.141. The van der Waals surface area contributed by atoms with E-state index in [1.807, 2.05) is 0 Å². The number of aromatic nitrogens is 2. The molecule has 0 aliphatic carbocycles. The lowest BCUT2D eigenvalue weighted by Gasteiger charge is -2.23. The number of aliphatic carboxylic acids is 2. The molecule has 0 spiro atoms. The summed E-state index contributed by atoms with van der Waals surface area (Å²) in [4.78, 5) is 66.4. The average molecular weight is 490 g/mol. The Bertz CT molecular complexity index is 1040. The number of phenolic OH excluding ortho intramolecular Hbond substituents is 1. The molecule has 0 fully saturated rings. The van der Waals surface area contributed by atoms with E-state index in [9.17, 15) is 34.2 Å². The van der Waals surface area contributed by atoms with Crippen LogP contribution in [0.2, 0.25) is 0 Å². The highest BCUT2D eigenvalue weighted by atomic mass is 16.4. The molecule has 3 unspecified atom stereocenters. The van der Waals surface area contributed by atoms with E-state index in [0.717, 1.165) is 0 Å². The summed E-state index contributed by atoms with van der Waals surface area (Å²) in [6.07, 6.45) is 1.88. The normalized spacial score (nSPS) is 13.2. The molecular formula is C21H26N6O8. The third-order valence-electron chi connectivity index (χ3n) is 4.77. The molecule has 2 rings (SSSR count). The van der Waals surface area contributed by atoms with Crippen molar-refractivity contribution in [3.05, 3.63) is 48.0 Å². The average Bonchev–Trinajstić information content (AvgIpc) is 3.30. The maximum Gasteiger partial charge on any atom is 0.322 e. The number of H-pyrrole nitrogens is 1. The molecule has 0 aliphatic rings. The number of nitrogens with zero attached hydrogens (tertiary/aromatic N) is 1. The first-order valence-electron chi connectivity index (χ1n) is 10.4. The van der Waals surface area contributed by atoms with E-state index < -0.39 is 60.8 Å². The van der Waals surface area contributed by atoms with Crippen LogP contribution in [0.4, 0.5) is 0 Å². The number of carboxylic acids is 2. The van der Waals surface area contributed by atoms with E-state index in [4.69, 9.17) is 10.8 Å². The fourth-order valence-corrected chi connectivity index (χ4v) is 3.03. The third kappa shape index (κ3) is 9.13. The van der Waals surface area contributed by atoms with Gasteiger partial charge in [-0.3, -0.25) is 24.0 Å². The largest absolute Gasteiger partial charge is 0.508 e. The van der Waals surface area contributed by atoms with Crippen LogP contribution in [0.25, 0.3) is 0 Å². The van der Waals surface area contributed by atoms with Crippen molar-refractivity contribution in [1.29, 1.82) is 0 Å². The first-order chi connectivity index (χ1) is 16.5. The summed E-state index contributed by atoms with van der Waals surface area (Å²) in [6.45, 7) is -0.699. The number of hydrogen-bond acceptors (Lipinski definition) is 8. The number of hydrogen-bond donors (Lipinski definition) is 8. The Morgan fingerprint density at radius 1 is 0.914 bits per heavy atom. The van der Waals surface area contributed by atoms with E-state index in [2.05, 4.69) is 25.9 Å². The number of benzene rings is 1. The number of nitrogens with two attached hydrogens (primary N) is 1. The molecule has 0 aliphatic heterocycles. The lowest BCUT2D eigenvalue weighted by atomic mass is 10.0. The van der Waals surface area contributed by atoms with Gasteiger partial charge in [0.15, 0.2) is 0 Å². The first kappa shape index (κ1) is 26.8. The van der Waals surface area contributed by atoms with Crippen molar-refractivity contribution in [2.24, 2.45) is 5.73 Å². The molecule has 14 heteroatoms. The van der Waals surface area contributed by atoms with Crippen LogP contribution >= 0.6 is 0 Å². The Kier molecular flexibility index (Phi) is 9.71. The topological polar surface area (TPSA) is 237 Å². The minimum Gasteiger partial charge on any atom is -0.508 e. The van der Waals surface area contributed by atoms with Crippen molar-refractivity contribution in [3.63, 3.8) is 0 Å². The third-order valence-corrected chi connectivity index (χ3v) is 4.77. The van der Waals surface area contributed by atoms with Crippen LogP contribution in [0, 0.1) is 0 Å². The van der Waals surface area contributed by atoms with Gasteiger partial charge in [0, 0.05) is 18.3 Å². The van der Waals surface area contributed by atoms with Gasteiger partial charge in [0.2, 0.25) is 17.7 Å². The van der Waals surface area contributed by atoms with E-state index >= 15 is 0 Å². The number of aromatic amines is 1. The maximum absolute atomic E-state index is 12.8. The van der Waals surface area contributed by atoms with Gasteiger partial charge in [-0.25, -0.2) is 4.98 Å². The number of aromatic hydroxyl groups is 1. The van der Waals surface area contributed by atoms with Crippen LogP contribution in [0.3, 0.4) is 0 Å². The van der Waals surface area contributed by atoms with Gasteiger partial charge in [-0.2, -0.15) is 0 Å². The molecule has 1 heterocycles. The highest BCUT2D eigenvalue weighted by molar-refractivity contribution is 5.95. The summed E-state index contributed by atoms with van der Waals surface area (Å²) in [5.74, 6) is -5.28. The highest BCUT2D eigenvalue weighted by Gasteiger charge is 2.30. The first-order valence-corrected chi connectivity index (χ1v) is 10.4. The van der Waals surface area contributed by atoms with Gasteiger partial charge in [-0.1, -0.05) is 12.1 Å². The zero-order valence-electron chi connectivity index (χ0n) is 18.4. The van der Waals surface area contributed by atoms with Crippen LogP contribution in [-0.4, -0.2) is 79.6 Å². The summed E-state index contributed by atoms with van der Waals surface area (Å²) in [7, 11) is 0. The summed E-state index contributed by atoms with van der Waals surface area (Å²) in [6, 6.07) is 1.94. The second-order valence-electron chi connectivity index (χ2n) is 7.59. The number of carbonyl (C=O) groups excluding carboxylic acids is 3. The zero-order chi connectivity index (χ0) is 26.0. The summed E-state index contributed by atoms with van der Waals surface area (Å²) >= 11 is 0. The van der Waals surface area contributed by atoms with Crippen LogP contribution in [0.1, 0.15) is 17.7 Å². The van der Waals surface area contributed by atoms with E-state index in [1.54, 1.807) is 12.1 Å². The minimum atomic E-state index is -1.57. The van der Waals surface area contributed by atoms with Crippen molar-refractivity contribution >= 4 is 29.7 Å². The van der Waals surface area contributed by atoms with E-state index in [1.165, 1.54) is 24.7 Å². The maximum atomic E-state index is 12.8. The van der Waals surface area contributed by atoms with Gasteiger partial charge < -0.3 is 42.0 Å². The summed E-state index contributed by atoms with van der Waals surface area (Å²) < 4.78 is 0.